The first-order valence-corrected chi connectivity index (χ1v) is 6.34. The summed E-state index contributed by atoms with van der Waals surface area (Å²) in [7, 11) is 0. The van der Waals surface area contributed by atoms with Crippen molar-refractivity contribution in [2.75, 3.05) is 0 Å². The molecule has 4 heteroatoms. The second-order valence-corrected chi connectivity index (χ2v) is 4.81. The van der Waals surface area contributed by atoms with E-state index >= 15 is 0 Å². The Morgan fingerprint density at radius 2 is 1.74 bits per heavy atom. The molecule has 0 fully saturated rings. The summed E-state index contributed by atoms with van der Waals surface area (Å²) in [5.74, 6) is -0.404. The van der Waals surface area contributed by atoms with E-state index in [1.807, 2.05) is 48.5 Å². The summed E-state index contributed by atoms with van der Waals surface area (Å²) in [6, 6.07) is 14.8. The second-order valence-electron chi connectivity index (χ2n) is 4.37. The van der Waals surface area contributed by atoms with E-state index in [1.54, 1.807) is 0 Å². The first-order valence-electron chi connectivity index (χ1n) is 5.96. The molecule has 3 nitrogen and oxygen atoms in total. The van der Waals surface area contributed by atoms with E-state index in [0.717, 1.165) is 16.7 Å². The summed E-state index contributed by atoms with van der Waals surface area (Å²) in [6.07, 6.45) is 0.130. The number of primary amides is 1. The molecule has 1 atom stereocenters. The second kappa shape index (κ2) is 5.87. The van der Waals surface area contributed by atoms with Crippen molar-refractivity contribution in [2.45, 2.75) is 12.5 Å². The Hall–Kier alpha value is -1.84. The average molecular weight is 275 g/mol. The molecule has 0 heterocycles. The fourth-order valence-electron chi connectivity index (χ4n) is 2.04. The smallest absolute Gasteiger partial charge is 0.219 e. The van der Waals surface area contributed by atoms with Crippen LogP contribution in [0, 0.1) is 0 Å². The van der Waals surface area contributed by atoms with E-state index in [2.05, 4.69) is 0 Å². The maximum absolute atomic E-state index is 11.0. The lowest BCUT2D eigenvalue weighted by atomic mass is 9.94. The minimum Gasteiger partial charge on any atom is -0.370 e. The van der Waals surface area contributed by atoms with Crippen molar-refractivity contribution in [1.29, 1.82) is 0 Å². The summed E-state index contributed by atoms with van der Waals surface area (Å²) >= 11 is 5.88. The largest absolute Gasteiger partial charge is 0.370 e. The third kappa shape index (κ3) is 3.34. The monoisotopic (exact) mass is 274 g/mol. The van der Waals surface area contributed by atoms with Gasteiger partial charge in [0, 0.05) is 17.5 Å². The number of hydrogen-bond acceptors (Lipinski definition) is 2. The highest BCUT2D eigenvalue weighted by Crippen LogP contribution is 2.29. The van der Waals surface area contributed by atoms with Crippen LogP contribution in [-0.4, -0.2) is 5.91 Å². The van der Waals surface area contributed by atoms with Gasteiger partial charge in [-0.2, -0.15) is 0 Å². The van der Waals surface area contributed by atoms with Gasteiger partial charge in [-0.1, -0.05) is 48.0 Å². The highest BCUT2D eigenvalue weighted by Gasteiger charge is 2.14. The molecule has 0 aromatic heterocycles. The standard InChI is InChI=1S/C15H15ClN2O/c16-11-7-5-10(6-8-11)12-3-1-2-4-13(12)14(17)9-15(18)19/h1-8,14H,9,17H2,(H2,18,19). The third-order valence-corrected chi connectivity index (χ3v) is 3.19. The van der Waals surface area contributed by atoms with E-state index < -0.39 is 11.9 Å². The Morgan fingerprint density at radius 1 is 1.11 bits per heavy atom. The number of benzene rings is 2. The summed E-state index contributed by atoms with van der Waals surface area (Å²) in [5, 5.41) is 0.683. The van der Waals surface area contributed by atoms with Crippen LogP contribution in [0.25, 0.3) is 11.1 Å². The first-order chi connectivity index (χ1) is 9.08. The maximum Gasteiger partial charge on any atom is 0.219 e. The Labute approximate surface area is 117 Å². The van der Waals surface area contributed by atoms with Crippen LogP contribution in [0.3, 0.4) is 0 Å². The van der Waals surface area contributed by atoms with E-state index in [0.29, 0.717) is 5.02 Å². The molecule has 2 aromatic carbocycles. The van der Waals surface area contributed by atoms with Gasteiger partial charge in [-0.15, -0.1) is 0 Å². The number of rotatable bonds is 4. The lowest BCUT2D eigenvalue weighted by Crippen LogP contribution is -2.21. The van der Waals surface area contributed by atoms with Gasteiger partial charge in [0.2, 0.25) is 5.91 Å². The number of nitrogens with two attached hydrogens (primary N) is 2. The van der Waals surface area contributed by atoms with Crippen LogP contribution in [0.4, 0.5) is 0 Å². The quantitative estimate of drug-likeness (QED) is 0.900. The van der Waals surface area contributed by atoms with Crippen molar-refractivity contribution in [3.8, 4) is 11.1 Å². The summed E-state index contributed by atoms with van der Waals surface area (Å²) in [4.78, 5) is 11.0. The number of carbonyl (C=O) groups excluding carboxylic acids is 1. The van der Waals surface area contributed by atoms with Gasteiger partial charge in [-0.05, 0) is 28.8 Å². The maximum atomic E-state index is 11.0. The van der Waals surface area contributed by atoms with Gasteiger partial charge in [0.05, 0.1) is 0 Å². The molecule has 0 radical (unpaired) electrons. The first kappa shape index (κ1) is 13.6. The zero-order valence-corrected chi connectivity index (χ0v) is 11.1. The summed E-state index contributed by atoms with van der Waals surface area (Å²) in [6.45, 7) is 0. The van der Waals surface area contributed by atoms with E-state index in [4.69, 9.17) is 23.1 Å². The van der Waals surface area contributed by atoms with Gasteiger partial charge >= 0.3 is 0 Å². The van der Waals surface area contributed by atoms with Gasteiger partial charge in [-0.25, -0.2) is 0 Å². The molecular weight excluding hydrogens is 260 g/mol. The van der Waals surface area contributed by atoms with Crippen molar-refractivity contribution in [2.24, 2.45) is 11.5 Å². The van der Waals surface area contributed by atoms with Crippen molar-refractivity contribution < 1.29 is 4.79 Å². The van der Waals surface area contributed by atoms with Crippen LogP contribution in [0.2, 0.25) is 5.02 Å². The van der Waals surface area contributed by atoms with Crippen molar-refractivity contribution in [3.05, 3.63) is 59.1 Å². The minimum atomic E-state index is -0.404. The predicted octanol–water partition coefficient (Wildman–Crippen LogP) is 2.88. The molecule has 0 saturated heterocycles. The molecular formula is C15H15ClN2O. The fourth-order valence-corrected chi connectivity index (χ4v) is 2.17. The molecule has 2 rings (SSSR count). The molecule has 4 N–H and O–H groups in total. The number of amides is 1. The normalized spacial score (nSPS) is 12.1. The highest BCUT2D eigenvalue weighted by molar-refractivity contribution is 6.30. The lowest BCUT2D eigenvalue weighted by molar-refractivity contribution is -0.118. The van der Waals surface area contributed by atoms with Gasteiger partial charge in [0.25, 0.3) is 0 Å². The van der Waals surface area contributed by atoms with Crippen LogP contribution in [0.5, 0.6) is 0 Å². The highest BCUT2D eigenvalue weighted by atomic mass is 35.5. The van der Waals surface area contributed by atoms with Crippen LogP contribution in [0.15, 0.2) is 48.5 Å². The van der Waals surface area contributed by atoms with Crippen LogP contribution in [0.1, 0.15) is 18.0 Å². The molecule has 0 aliphatic carbocycles. The molecule has 19 heavy (non-hydrogen) atoms. The van der Waals surface area contributed by atoms with Gasteiger partial charge in [-0.3, -0.25) is 4.79 Å². The molecule has 98 valence electrons. The Balaban J connectivity index is 2.40. The molecule has 1 unspecified atom stereocenters. The molecule has 0 aliphatic rings. The number of carbonyl (C=O) groups is 1. The van der Waals surface area contributed by atoms with E-state index in [-0.39, 0.29) is 6.42 Å². The van der Waals surface area contributed by atoms with Crippen molar-refractivity contribution >= 4 is 17.5 Å². The number of halogens is 1. The summed E-state index contributed by atoms with van der Waals surface area (Å²) < 4.78 is 0. The predicted molar refractivity (Wildman–Crippen MR) is 77.6 cm³/mol. The third-order valence-electron chi connectivity index (χ3n) is 2.94. The van der Waals surface area contributed by atoms with Crippen LogP contribution >= 0.6 is 11.6 Å². The SMILES string of the molecule is NC(=O)CC(N)c1ccccc1-c1ccc(Cl)cc1. The zero-order chi connectivity index (χ0) is 13.8. The molecule has 2 aromatic rings. The van der Waals surface area contributed by atoms with Gasteiger partial charge in [0.15, 0.2) is 0 Å². The molecule has 1 amide bonds. The zero-order valence-electron chi connectivity index (χ0n) is 10.3. The summed E-state index contributed by atoms with van der Waals surface area (Å²) in [5.41, 5.74) is 14.2. The molecule has 0 spiro atoms. The lowest BCUT2D eigenvalue weighted by Gasteiger charge is -2.15. The molecule has 0 saturated carbocycles. The van der Waals surface area contributed by atoms with E-state index in [1.165, 1.54) is 0 Å². The van der Waals surface area contributed by atoms with Crippen LogP contribution in [-0.2, 0) is 4.79 Å². The van der Waals surface area contributed by atoms with Crippen molar-refractivity contribution in [3.63, 3.8) is 0 Å². The topological polar surface area (TPSA) is 69.1 Å². The average Bonchev–Trinajstić information content (AvgIpc) is 2.39. The van der Waals surface area contributed by atoms with Gasteiger partial charge in [0.1, 0.15) is 0 Å². The molecule has 0 bridgehead atoms. The van der Waals surface area contributed by atoms with Gasteiger partial charge < -0.3 is 11.5 Å². The fraction of sp³-hybridized carbons (Fsp3) is 0.133. The minimum absolute atomic E-state index is 0.130. The van der Waals surface area contributed by atoms with E-state index in [9.17, 15) is 4.79 Å². The Morgan fingerprint density at radius 3 is 2.37 bits per heavy atom. The van der Waals surface area contributed by atoms with Crippen LogP contribution < -0.4 is 11.5 Å². The Bertz CT molecular complexity index is 581. The number of hydrogen-bond donors (Lipinski definition) is 2. The molecule has 0 aliphatic heterocycles. The Kier molecular flexibility index (Phi) is 4.20. The van der Waals surface area contributed by atoms with Crippen molar-refractivity contribution in [1.82, 2.24) is 0 Å².